The lowest BCUT2D eigenvalue weighted by Gasteiger charge is -2.25. The minimum Gasteiger partial charge on any atom is -0.376 e. The van der Waals surface area contributed by atoms with Crippen molar-refractivity contribution >= 4 is 32.5 Å². The Kier molecular flexibility index (Phi) is 3.55. The third-order valence-electron chi connectivity index (χ3n) is 4.44. The third-order valence-corrected chi connectivity index (χ3v) is 4.93. The van der Waals surface area contributed by atoms with Crippen molar-refractivity contribution in [3.63, 3.8) is 0 Å². The van der Waals surface area contributed by atoms with Crippen LogP contribution in [-0.4, -0.2) is 9.97 Å². The Labute approximate surface area is 142 Å². The van der Waals surface area contributed by atoms with E-state index in [0.717, 1.165) is 29.4 Å². The second-order valence-corrected chi connectivity index (χ2v) is 6.75. The maximum absolute atomic E-state index is 9.25. The van der Waals surface area contributed by atoms with Crippen LogP contribution in [0.25, 0.3) is 10.9 Å². The summed E-state index contributed by atoms with van der Waals surface area (Å²) < 4.78 is 1.10. The molecule has 0 bridgehead atoms. The molecule has 4 rings (SSSR count). The number of nitriles is 1. The molecule has 2 heterocycles. The summed E-state index contributed by atoms with van der Waals surface area (Å²) in [6, 6.07) is 10.6. The molecule has 1 aliphatic rings. The molecule has 0 spiro atoms. The molecule has 4 nitrogen and oxygen atoms in total. The monoisotopic (exact) mass is 366 g/mol. The highest BCUT2D eigenvalue weighted by Crippen LogP contribution is 2.37. The van der Waals surface area contributed by atoms with Crippen LogP contribution in [0.1, 0.15) is 35.7 Å². The summed E-state index contributed by atoms with van der Waals surface area (Å²) >= 11 is 3.56. The van der Waals surface area contributed by atoms with Crippen molar-refractivity contribution in [1.29, 1.82) is 5.26 Å². The first-order valence-corrected chi connectivity index (χ1v) is 8.46. The van der Waals surface area contributed by atoms with Crippen LogP contribution in [0, 0.1) is 11.3 Å². The standard InChI is InChI=1S/C18H15BrN4/c19-12-4-5-16-14(8-12)13-2-1-3-17(18(13)23-16)22-15-6-7-21-10-11(15)9-20/h4-8,10,17,23H,1-3H2,(H,21,22). The quantitative estimate of drug-likeness (QED) is 0.691. The number of aromatic nitrogens is 2. The predicted octanol–water partition coefficient (Wildman–Crippen LogP) is 4.69. The molecule has 3 aromatic rings. The van der Waals surface area contributed by atoms with E-state index < -0.39 is 0 Å². The number of halogens is 1. The Morgan fingerprint density at radius 2 is 2.26 bits per heavy atom. The highest BCUT2D eigenvalue weighted by molar-refractivity contribution is 9.10. The van der Waals surface area contributed by atoms with Gasteiger partial charge in [0.05, 0.1) is 17.3 Å². The Bertz CT molecular complexity index is 922. The van der Waals surface area contributed by atoms with Gasteiger partial charge in [0.2, 0.25) is 0 Å². The van der Waals surface area contributed by atoms with Crippen LogP contribution >= 0.6 is 15.9 Å². The Morgan fingerprint density at radius 3 is 3.13 bits per heavy atom. The molecule has 2 aromatic heterocycles. The van der Waals surface area contributed by atoms with Gasteiger partial charge in [-0.3, -0.25) is 4.98 Å². The summed E-state index contributed by atoms with van der Waals surface area (Å²) in [5, 5.41) is 14.1. The molecule has 1 aromatic carbocycles. The molecule has 0 saturated heterocycles. The number of nitrogens with one attached hydrogen (secondary N) is 2. The van der Waals surface area contributed by atoms with E-state index in [0.29, 0.717) is 5.56 Å². The molecule has 1 unspecified atom stereocenters. The first-order chi connectivity index (χ1) is 11.3. The second kappa shape index (κ2) is 5.71. The van der Waals surface area contributed by atoms with E-state index in [4.69, 9.17) is 0 Å². The Hall–Kier alpha value is -2.32. The smallest absolute Gasteiger partial charge is 0.103 e. The molecular formula is C18H15BrN4. The van der Waals surface area contributed by atoms with E-state index in [9.17, 15) is 5.26 Å². The molecular weight excluding hydrogens is 352 g/mol. The lowest BCUT2D eigenvalue weighted by atomic mass is 9.91. The normalized spacial score (nSPS) is 16.8. The maximum atomic E-state index is 9.25. The van der Waals surface area contributed by atoms with Crippen LogP contribution in [0.4, 0.5) is 5.69 Å². The molecule has 1 aliphatic carbocycles. The molecule has 5 heteroatoms. The number of nitrogens with zero attached hydrogens (tertiary/aromatic N) is 2. The van der Waals surface area contributed by atoms with E-state index in [1.165, 1.54) is 22.2 Å². The molecule has 114 valence electrons. The zero-order valence-electron chi connectivity index (χ0n) is 12.4. The summed E-state index contributed by atoms with van der Waals surface area (Å²) in [7, 11) is 0. The van der Waals surface area contributed by atoms with Crippen molar-refractivity contribution in [2.75, 3.05) is 5.32 Å². The van der Waals surface area contributed by atoms with E-state index >= 15 is 0 Å². The third kappa shape index (κ3) is 2.49. The highest BCUT2D eigenvalue weighted by Gasteiger charge is 2.24. The molecule has 2 N–H and O–H groups in total. The van der Waals surface area contributed by atoms with Crippen molar-refractivity contribution in [1.82, 2.24) is 9.97 Å². The molecule has 0 fully saturated rings. The number of hydrogen-bond acceptors (Lipinski definition) is 3. The predicted molar refractivity (Wildman–Crippen MR) is 94.3 cm³/mol. The number of rotatable bonds is 2. The van der Waals surface area contributed by atoms with E-state index in [1.54, 1.807) is 12.4 Å². The molecule has 23 heavy (non-hydrogen) atoms. The minimum absolute atomic E-state index is 0.194. The molecule has 0 amide bonds. The van der Waals surface area contributed by atoms with E-state index in [-0.39, 0.29) is 6.04 Å². The van der Waals surface area contributed by atoms with E-state index in [2.05, 4.69) is 55.5 Å². The SMILES string of the molecule is N#Cc1cnccc1NC1CCCc2c1[nH]c1ccc(Br)cc21. The number of benzene rings is 1. The van der Waals surface area contributed by atoms with Gasteiger partial charge in [0, 0.05) is 33.5 Å². The van der Waals surface area contributed by atoms with Crippen molar-refractivity contribution < 1.29 is 0 Å². The van der Waals surface area contributed by atoms with Gasteiger partial charge in [-0.25, -0.2) is 0 Å². The summed E-state index contributed by atoms with van der Waals surface area (Å²) in [6.45, 7) is 0. The fourth-order valence-electron chi connectivity index (χ4n) is 3.38. The Balaban J connectivity index is 1.76. The summed E-state index contributed by atoms with van der Waals surface area (Å²) in [5.41, 5.74) is 5.23. The highest BCUT2D eigenvalue weighted by atomic mass is 79.9. The van der Waals surface area contributed by atoms with Gasteiger partial charge in [-0.1, -0.05) is 15.9 Å². The van der Waals surface area contributed by atoms with Gasteiger partial charge in [-0.2, -0.15) is 5.26 Å². The lowest BCUT2D eigenvalue weighted by molar-refractivity contribution is 0.592. The number of aryl methyl sites for hydroxylation is 1. The van der Waals surface area contributed by atoms with Gasteiger partial charge in [0.25, 0.3) is 0 Å². The zero-order chi connectivity index (χ0) is 15.8. The van der Waals surface area contributed by atoms with Gasteiger partial charge in [-0.05, 0) is 49.1 Å². The minimum atomic E-state index is 0.194. The lowest BCUT2D eigenvalue weighted by Crippen LogP contribution is -2.17. The van der Waals surface area contributed by atoms with Crippen LogP contribution in [-0.2, 0) is 6.42 Å². The van der Waals surface area contributed by atoms with Crippen molar-refractivity contribution in [2.45, 2.75) is 25.3 Å². The Morgan fingerprint density at radius 1 is 1.35 bits per heavy atom. The van der Waals surface area contributed by atoms with Crippen LogP contribution in [0.5, 0.6) is 0 Å². The largest absolute Gasteiger partial charge is 0.376 e. The van der Waals surface area contributed by atoms with Crippen molar-refractivity contribution in [3.05, 3.63) is 58.0 Å². The number of aromatic amines is 1. The van der Waals surface area contributed by atoms with Crippen molar-refractivity contribution in [3.8, 4) is 6.07 Å². The van der Waals surface area contributed by atoms with Gasteiger partial charge < -0.3 is 10.3 Å². The average Bonchev–Trinajstić information content (AvgIpc) is 2.94. The van der Waals surface area contributed by atoms with E-state index in [1.807, 2.05) is 6.07 Å². The first-order valence-electron chi connectivity index (χ1n) is 7.67. The number of pyridine rings is 1. The van der Waals surface area contributed by atoms with Crippen LogP contribution in [0.15, 0.2) is 41.1 Å². The van der Waals surface area contributed by atoms with Gasteiger partial charge in [0.1, 0.15) is 6.07 Å². The van der Waals surface area contributed by atoms with Crippen LogP contribution in [0.2, 0.25) is 0 Å². The first kappa shape index (κ1) is 14.3. The molecule has 0 radical (unpaired) electrons. The number of H-pyrrole nitrogens is 1. The van der Waals surface area contributed by atoms with Crippen molar-refractivity contribution in [2.24, 2.45) is 0 Å². The topological polar surface area (TPSA) is 64.5 Å². The summed E-state index contributed by atoms with van der Waals surface area (Å²) in [4.78, 5) is 7.59. The van der Waals surface area contributed by atoms with Gasteiger partial charge in [-0.15, -0.1) is 0 Å². The summed E-state index contributed by atoms with van der Waals surface area (Å²) in [6.07, 6.45) is 6.60. The average molecular weight is 367 g/mol. The fraction of sp³-hybridized carbons (Fsp3) is 0.222. The number of anilines is 1. The van der Waals surface area contributed by atoms with Gasteiger partial charge >= 0.3 is 0 Å². The number of hydrogen-bond donors (Lipinski definition) is 2. The van der Waals surface area contributed by atoms with Crippen LogP contribution in [0.3, 0.4) is 0 Å². The molecule has 0 saturated carbocycles. The zero-order valence-corrected chi connectivity index (χ0v) is 14.0. The fourth-order valence-corrected chi connectivity index (χ4v) is 3.74. The molecule has 1 atom stereocenters. The maximum Gasteiger partial charge on any atom is 0.103 e. The number of fused-ring (bicyclic) bond motifs is 3. The van der Waals surface area contributed by atoms with Crippen LogP contribution < -0.4 is 5.32 Å². The second-order valence-electron chi connectivity index (χ2n) is 5.83. The van der Waals surface area contributed by atoms with Gasteiger partial charge in [0.15, 0.2) is 0 Å². The molecule has 0 aliphatic heterocycles. The summed E-state index contributed by atoms with van der Waals surface area (Å²) in [5.74, 6) is 0.